The molecule has 1 aliphatic rings. The van der Waals surface area contributed by atoms with Crippen LogP contribution in [0.5, 0.6) is 0 Å². The molecule has 1 aromatic rings. The van der Waals surface area contributed by atoms with Crippen molar-refractivity contribution >= 4 is 0 Å². The van der Waals surface area contributed by atoms with E-state index >= 15 is 0 Å². The maximum absolute atomic E-state index is 4.82. The van der Waals surface area contributed by atoms with Crippen LogP contribution in [-0.4, -0.2) is 41.0 Å². The Morgan fingerprint density at radius 2 is 1.70 bits per heavy atom. The van der Waals surface area contributed by atoms with E-state index in [1.165, 1.54) is 17.8 Å². The van der Waals surface area contributed by atoms with Gasteiger partial charge in [-0.2, -0.15) is 0 Å². The van der Waals surface area contributed by atoms with E-state index in [1.54, 1.807) is 0 Å². The van der Waals surface area contributed by atoms with Gasteiger partial charge in [0.15, 0.2) is 0 Å². The van der Waals surface area contributed by atoms with E-state index < -0.39 is 0 Å². The van der Waals surface area contributed by atoms with Gasteiger partial charge in [-0.15, -0.1) is 0 Å². The van der Waals surface area contributed by atoms with Gasteiger partial charge in [0.05, 0.1) is 6.04 Å². The van der Waals surface area contributed by atoms with Crippen LogP contribution in [0.25, 0.3) is 0 Å². The quantitative estimate of drug-likeness (QED) is 0.866. The molecule has 1 atom stereocenters. The molecule has 2 rings (SSSR count). The summed E-state index contributed by atoms with van der Waals surface area (Å²) in [6.45, 7) is 11.0. The maximum Gasteiger partial charge on any atom is 0.145 e. The number of hydrogen-bond donors (Lipinski definition) is 1. The number of nitrogens with one attached hydrogen (secondary N) is 1. The van der Waals surface area contributed by atoms with E-state index in [0.29, 0.717) is 6.04 Å². The van der Waals surface area contributed by atoms with Crippen LogP contribution in [0.1, 0.15) is 56.9 Å². The summed E-state index contributed by atoms with van der Waals surface area (Å²) in [6.07, 6.45) is 4.30. The summed E-state index contributed by atoms with van der Waals surface area (Å²) in [5.74, 6) is 1.05. The largest absolute Gasteiger partial charge is 0.314 e. The Kier molecular flexibility index (Phi) is 5.92. The molecule has 0 bridgehead atoms. The van der Waals surface area contributed by atoms with Gasteiger partial charge in [0.25, 0.3) is 0 Å². The third kappa shape index (κ3) is 3.76. The lowest BCUT2D eigenvalue weighted by atomic mass is 10.1. The van der Waals surface area contributed by atoms with Crippen LogP contribution >= 0.6 is 0 Å². The summed E-state index contributed by atoms with van der Waals surface area (Å²) < 4.78 is 0. The van der Waals surface area contributed by atoms with Crippen molar-refractivity contribution < 1.29 is 0 Å². The standard InChI is InChI=1S/C16H28N4/c1-4-7-15(20-10-8-17-9-11-20)16-18-13(5-2)12-14(6-3)19-16/h12,15,17H,4-11H2,1-3H3. The molecule has 1 aliphatic heterocycles. The monoisotopic (exact) mass is 276 g/mol. The molecule has 1 saturated heterocycles. The normalized spacial score (nSPS) is 18.1. The fourth-order valence-electron chi connectivity index (χ4n) is 2.83. The van der Waals surface area contributed by atoms with Crippen molar-refractivity contribution in [2.45, 2.75) is 52.5 Å². The Balaban J connectivity index is 2.27. The molecule has 4 nitrogen and oxygen atoms in total. The van der Waals surface area contributed by atoms with Gasteiger partial charge in [0, 0.05) is 37.6 Å². The smallest absolute Gasteiger partial charge is 0.145 e. The van der Waals surface area contributed by atoms with E-state index in [-0.39, 0.29) is 0 Å². The highest BCUT2D eigenvalue weighted by atomic mass is 15.2. The van der Waals surface area contributed by atoms with Crippen molar-refractivity contribution in [2.75, 3.05) is 26.2 Å². The highest BCUT2D eigenvalue weighted by Gasteiger charge is 2.24. The Labute approximate surface area is 123 Å². The van der Waals surface area contributed by atoms with Crippen molar-refractivity contribution in [3.63, 3.8) is 0 Å². The average molecular weight is 276 g/mol. The van der Waals surface area contributed by atoms with E-state index in [0.717, 1.165) is 51.3 Å². The second kappa shape index (κ2) is 7.70. The summed E-state index contributed by atoms with van der Waals surface area (Å²) in [5, 5.41) is 3.43. The molecule has 1 fully saturated rings. The van der Waals surface area contributed by atoms with E-state index in [9.17, 15) is 0 Å². The molecule has 1 aromatic heterocycles. The first-order chi connectivity index (χ1) is 9.78. The number of rotatable bonds is 6. The first-order valence-electron chi connectivity index (χ1n) is 8.09. The molecule has 1 N–H and O–H groups in total. The van der Waals surface area contributed by atoms with Crippen LogP contribution in [0.4, 0.5) is 0 Å². The molecule has 112 valence electrons. The van der Waals surface area contributed by atoms with Gasteiger partial charge in [-0.05, 0) is 25.3 Å². The zero-order valence-electron chi connectivity index (χ0n) is 13.2. The van der Waals surface area contributed by atoms with Gasteiger partial charge in [0.2, 0.25) is 0 Å². The van der Waals surface area contributed by atoms with Crippen molar-refractivity contribution in [3.8, 4) is 0 Å². The number of piperazine rings is 1. The maximum atomic E-state index is 4.82. The van der Waals surface area contributed by atoms with Gasteiger partial charge < -0.3 is 5.32 Å². The number of aromatic nitrogens is 2. The lowest BCUT2D eigenvalue weighted by molar-refractivity contribution is 0.157. The Hall–Kier alpha value is -1.00. The van der Waals surface area contributed by atoms with Crippen molar-refractivity contribution in [3.05, 3.63) is 23.3 Å². The Morgan fingerprint density at radius 1 is 1.10 bits per heavy atom. The Morgan fingerprint density at radius 3 is 2.20 bits per heavy atom. The van der Waals surface area contributed by atoms with Gasteiger partial charge >= 0.3 is 0 Å². The molecular formula is C16H28N4. The average Bonchev–Trinajstić information content (AvgIpc) is 2.52. The van der Waals surface area contributed by atoms with Crippen LogP contribution in [0.3, 0.4) is 0 Å². The van der Waals surface area contributed by atoms with Crippen molar-refractivity contribution in [2.24, 2.45) is 0 Å². The summed E-state index contributed by atoms with van der Waals surface area (Å²) in [7, 11) is 0. The summed E-state index contributed by atoms with van der Waals surface area (Å²) >= 11 is 0. The van der Waals surface area contributed by atoms with Crippen LogP contribution in [0.15, 0.2) is 6.07 Å². The fourth-order valence-corrected chi connectivity index (χ4v) is 2.83. The lowest BCUT2D eigenvalue weighted by Gasteiger charge is -2.34. The van der Waals surface area contributed by atoms with Gasteiger partial charge in [-0.25, -0.2) is 9.97 Å². The molecule has 0 spiro atoms. The van der Waals surface area contributed by atoms with Crippen LogP contribution in [0, 0.1) is 0 Å². The van der Waals surface area contributed by atoms with Gasteiger partial charge in [-0.3, -0.25) is 4.90 Å². The molecule has 2 heterocycles. The van der Waals surface area contributed by atoms with Crippen LogP contribution in [0.2, 0.25) is 0 Å². The minimum Gasteiger partial charge on any atom is -0.314 e. The topological polar surface area (TPSA) is 41.1 Å². The predicted molar refractivity (Wildman–Crippen MR) is 82.9 cm³/mol. The van der Waals surface area contributed by atoms with Crippen molar-refractivity contribution in [1.29, 1.82) is 0 Å². The van der Waals surface area contributed by atoms with Crippen LogP contribution < -0.4 is 5.32 Å². The number of nitrogens with zero attached hydrogens (tertiary/aromatic N) is 3. The van der Waals surface area contributed by atoms with Gasteiger partial charge in [-0.1, -0.05) is 27.2 Å². The van der Waals surface area contributed by atoms with E-state index in [2.05, 4.69) is 37.1 Å². The summed E-state index contributed by atoms with van der Waals surface area (Å²) in [6, 6.07) is 2.54. The zero-order valence-corrected chi connectivity index (χ0v) is 13.2. The molecule has 0 aliphatic carbocycles. The van der Waals surface area contributed by atoms with E-state index in [4.69, 9.17) is 9.97 Å². The molecule has 0 saturated carbocycles. The first-order valence-corrected chi connectivity index (χ1v) is 8.09. The molecule has 4 heteroatoms. The summed E-state index contributed by atoms with van der Waals surface area (Å²) in [4.78, 5) is 12.2. The summed E-state index contributed by atoms with van der Waals surface area (Å²) in [5.41, 5.74) is 2.37. The minimum absolute atomic E-state index is 0.388. The number of aryl methyl sites for hydroxylation is 2. The predicted octanol–water partition coefficient (Wildman–Crippen LogP) is 2.35. The molecule has 0 radical (unpaired) electrons. The second-order valence-corrected chi connectivity index (χ2v) is 5.51. The molecule has 20 heavy (non-hydrogen) atoms. The van der Waals surface area contributed by atoms with Crippen molar-refractivity contribution in [1.82, 2.24) is 20.2 Å². The third-order valence-corrected chi connectivity index (χ3v) is 4.03. The molecule has 0 aromatic carbocycles. The highest BCUT2D eigenvalue weighted by Crippen LogP contribution is 2.24. The van der Waals surface area contributed by atoms with Crippen LogP contribution in [-0.2, 0) is 12.8 Å². The van der Waals surface area contributed by atoms with Gasteiger partial charge in [0.1, 0.15) is 5.82 Å². The van der Waals surface area contributed by atoms with E-state index in [1.807, 2.05) is 0 Å². The molecule has 0 amide bonds. The Bertz CT molecular complexity index is 391. The first kappa shape index (κ1) is 15.4. The SMILES string of the molecule is CCCC(c1nc(CC)cc(CC)n1)N1CCNCC1. The third-order valence-electron chi connectivity index (χ3n) is 4.03. The fraction of sp³-hybridized carbons (Fsp3) is 0.750. The number of hydrogen-bond acceptors (Lipinski definition) is 4. The highest BCUT2D eigenvalue weighted by molar-refractivity contribution is 5.13. The second-order valence-electron chi connectivity index (χ2n) is 5.51. The molecular weight excluding hydrogens is 248 g/mol. The minimum atomic E-state index is 0.388. The molecule has 1 unspecified atom stereocenters. The lowest BCUT2D eigenvalue weighted by Crippen LogP contribution is -2.45. The zero-order chi connectivity index (χ0) is 14.4.